The Labute approximate surface area is 172 Å². The molecule has 0 bridgehead atoms. The number of carbonyl (C=O) groups excluding carboxylic acids is 1. The number of methoxy groups -OCH3 is 1. The van der Waals surface area contributed by atoms with Crippen LogP contribution >= 0.6 is 0 Å². The third-order valence-corrected chi connectivity index (χ3v) is 4.50. The minimum Gasteiger partial charge on any atom is -0.480 e. The van der Waals surface area contributed by atoms with Crippen molar-refractivity contribution in [2.24, 2.45) is 0 Å². The summed E-state index contributed by atoms with van der Waals surface area (Å²) in [6.45, 7) is 0. The molecule has 2 aromatic rings. The second-order valence-electron chi connectivity index (χ2n) is 6.52. The van der Waals surface area contributed by atoms with Gasteiger partial charge in [-0.1, -0.05) is 48.5 Å². The standard InChI is InChI=1S/C20H17F6NO4/c1-31-18(20(24,25)26,13-7-3-2-4-8-13)17(30)27-15(16(28)29)11-12-6-5-9-14(10-12)19(21,22)23/h2-10,15H,11H2,1H3,(H,27,30)(H,28,29)/t15-,18?/m1/s1. The first-order valence-corrected chi connectivity index (χ1v) is 8.70. The number of carbonyl (C=O) groups is 2. The van der Waals surface area contributed by atoms with Crippen LogP contribution < -0.4 is 5.32 Å². The van der Waals surface area contributed by atoms with Crippen LogP contribution in [0, 0.1) is 0 Å². The van der Waals surface area contributed by atoms with Crippen LogP contribution in [0.2, 0.25) is 0 Å². The van der Waals surface area contributed by atoms with E-state index >= 15 is 0 Å². The summed E-state index contributed by atoms with van der Waals surface area (Å²) in [6, 6.07) is 7.51. The molecule has 2 N–H and O–H groups in total. The van der Waals surface area contributed by atoms with Crippen LogP contribution in [-0.2, 0) is 32.5 Å². The van der Waals surface area contributed by atoms with Gasteiger partial charge in [0.1, 0.15) is 6.04 Å². The summed E-state index contributed by atoms with van der Waals surface area (Å²) in [5.41, 5.74) is -5.32. The molecule has 31 heavy (non-hydrogen) atoms. The van der Waals surface area contributed by atoms with Crippen molar-refractivity contribution in [2.45, 2.75) is 30.4 Å². The molecule has 0 radical (unpaired) electrons. The van der Waals surface area contributed by atoms with Gasteiger partial charge in [0.15, 0.2) is 0 Å². The summed E-state index contributed by atoms with van der Waals surface area (Å²) in [7, 11) is 0.642. The number of ether oxygens (including phenoxy) is 1. The zero-order valence-corrected chi connectivity index (χ0v) is 15.9. The number of hydrogen-bond acceptors (Lipinski definition) is 3. The van der Waals surface area contributed by atoms with E-state index in [-0.39, 0.29) is 5.56 Å². The molecule has 0 fully saturated rings. The lowest BCUT2D eigenvalue weighted by Gasteiger charge is -2.34. The van der Waals surface area contributed by atoms with Crippen molar-refractivity contribution in [3.05, 3.63) is 71.3 Å². The van der Waals surface area contributed by atoms with E-state index in [1.807, 2.05) is 0 Å². The second kappa shape index (κ2) is 8.96. The number of alkyl halides is 6. The number of nitrogens with one attached hydrogen (secondary N) is 1. The van der Waals surface area contributed by atoms with Gasteiger partial charge in [-0.05, 0) is 11.6 Å². The Kier molecular flexibility index (Phi) is 6.99. The van der Waals surface area contributed by atoms with Crippen molar-refractivity contribution in [1.82, 2.24) is 5.32 Å². The lowest BCUT2D eigenvalue weighted by Crippen LogP contribution is -2.59. The van der Waals surface area contributed by atoms with Crippen LogP contribution in [-0.4, -0.2) is 36.3 Å². The Morgan fingerprint density at radius 3 is 2.03 bits per heavy atom. The van der Waals surface area contributed by atoms with E-state index in [4.69, 9.17) is 0 Å². The number of hydrogen-bond donors (Lipinski definition) is 2. The molecule has 0 aliphatic heterocycles. The van der Waals surface area contributed by atoms with E-state index < -0.39 is 53.4 Å². The first kappa shape index (κ1) is 24.2. The maximum Gasteiger partial charge on any atom is 0.430 e. The summed E-state index contributed by atoms with van der Waals surface area (Å²) in [5, 5.41) is 11.1. The number of amides is 1. The lowest BCUT2D eigenvalue weighted by molar-refractivity contribution is -0.266. The lowest BCUT2D eigenvalue weighted by atomic mass is 9.91. The predicted molar refractivity (Wildman–Crippen MR) is 95.9 cm³/mol. The first-order valence-electron chi connectivity index (χ1n) is 8.70. The third-order valence-electron chi connectivity index (χ3n) is 4.50. The summed E-state index contributed by atoms with van der Waals surface area (Å²) >= 11 is 0. The molecule has 5 nitrogen and oxygen atoms in total. The molecule has 0 aromatic heterocycles. The molecule has 168 valence electrons. The highest BCUT2D eigenvalue weighted by Crippen LogP contribution is 2.42. The highest BCUT2D eigenvalue weighted by molar-refractivity contribution is 5.91. The number of benzene rings is 2. The van der Waals surface area contributed by atoms with Crippen molar-refractivity contribution in [3.63, 3.8) is 0 Å². The van der Waals surface area contributed by atoms with Gasteiger partial charge in [0.25, 0.3) is 11.5 Å². The fourth-order valence-electron chi connectivity index (χ4n) is 2.99. The quantitative estimate of drug-likeness (QED) is 0.629. The Morgan fingerprint density at radius 2 is 1.55 bits per heavy atom. The highest BCUT2D eigenvalue weighted by Gasteiger charge is 2.63. The van der Waals surface area contributed by atoms with E-state index in [1.54, 1.807) is 5.32 Å². The number of aliphatic carboxylic acids is 1. The van der Waals surface area contributed by atoms with Crippen molar-refractivity contribution in [3.8, 4) is 0 Å². The van der Waals surface area contributed by atoms with Crippen LogP contribution in [0.1, 0.15) is 16.7 Å². The highest BCUT2D eigenvalue weighted by atomic mass is 19.4. The minimum absolute atomic E-state index is 0.141. The van der Waals surface area contributed by atoms with Crippen molar-refractivity contribution < 1.29 is 45.8 Å². The number of rotatable bonds is 7. The van der Waals surface area contributed by atoms with Gasteiger partial charge in [-0.3, -0.25) is 4.79 Å². The van der Waals surface area contributed by atoms with Gasteiger partial charge in [0.05, 0.1) is 5.56 Å². The normalized spacial score (nSPS) is 15.1. The molecule has 0 spiro atoms. The van der Waals surface area contributed by atoms with Crippen LogP contribution in [0.15, 0.2) is 54.6 Å². The van der Waals surface area contributed by atoms with E-state index in [0.717, 1.165) is 24.3 Å². The molecule has 0 heterocycles. The van der Waals surface area contributed by atoms with Crippen molar-refractivity contribution in [2.75, 3.05) is 7.11 Å². The van der Waals surface area contributed by atoms with Gasteiger partial charge >= 0.3 is 18.3 Å². The zero-order chi connectivity index (χ0) is 23.4. The topological polar surface area (TPSA) is 75.6 Å². The van der Waals surface area contributed by atoms with Gasteiger partial charge in [-0.15, -0.1) is 0 Å². The van der Waals surface area contributed by atoms with Gasteiger partial charge in [-0.25, -0.2) is 4.79 Å². The monoisotopic (exact) mass is 449 g/mol. The smallest absolute Gasteiger partial charge is 0.430 e. The number of halogens is 6. The molecule has 0 saturated carbocycles. The third kappa shape index (κ3) is 5.16. The number of carboxylic acids is 1. The van der Waals surface area contributed by atoms with E-state index in [9.17, 15) is 41.0 Å². The summed E-state index contributed by atoms with van der Waals surface area (Å²) in [5.74, 6) is -3.54. The number of carboxylic acid groups (broad SMARTS) is 1. The average Bonchev–Trinajstić information content (AvgIpc) is 2.67. The molecular formula is C20H17F6NO4. The molecule has 0 aliphatic carbocycles. The molecule has 2 atom stereocenters. The molecule has 0 saturated heterocycles. The zero-order valence-electron chi connectivity index (χ0n) is 15.9. The van der Waals surface area contributed by atoms with E-state index in [1.165, 1.54) is 24.3 Å². The molecule has 0 aliphatic rings. The Bertz CT molecular complexity index is 929. The average molecular weight is 449 g/mol. The van der Waals surface area contributed by atoms with Gasteiger partial charge < -0.3 is 15.2 Å². The van der Waals surface area contributed by atoms with Crippen LogP contribution in [0.4, 0.5) is 26.3 Å². The van der Waals surface area contributed by atoms with E-state index in [0.29, 0.717) is 13.2 Å². The van der Waals surface area contributed by atoms with Crippen LogP contribution in [0.3, 0.4) is 0 Å². The summed E-state index contributed by atoms with van der Waals surface area (Å²) in [4.78, 5) is 24.2. The SMILES string of the molecule is COC(C(=O)N[C@H](Cc1cccc(C(F)(F)F)c1)C(=O)O)(c1ccccc1)C(F)(F)F. The van der Waals surface area contributed by atoms with Crippen molar-refractivity contribution in [1.29, 1.82) is 0 Å². The molecule has 1 unspecified atom stereocenters. The van der Waals surface area contributed by atoms with Crippen LogP contribution in [0.5, 0.6) is 0 Å². The largest absolute Gasteiger partial charge is 0.480 e. The molecule has 11 heteroatoms. The maximum absolute atomic E-state index is 13.9. The summed E-state index contributed by atoms with van der Waals surface area (Å²) < 4.78 is 84.9. The molecular weight excluding hydrogens is 432 g/mol. The molecule has 1 amide bonds. The Hall–Kier alpha value is -3.08. The van der Waals surface area contributed by atoms with Gasteiger partial charge in [0.2, 0.25) is 0 Å². The second-order valence-corrected chi connectivity index (χ2v) is 6.52. The van der Waals surface area contributed by atoms with Gasteiger partial charge in [0, 0.05) is 19.1 Å². The summed E-state index contributed by atoms with van der Waals surface area (Å²) in [6.07, 6.45) is -10.7. The Morgan fingerprint density at radius 1 is 0.968 bits per heavy atom. The fourth-order valence-corrected chi connectivity index (χ4v) is 2.99. The molecule has 2 rings (SSSR count). The first-order chi connectivity index (χ1) is 14.3. The predicted octanol–water partition coefficient (Wildman–Crippen LogP) is 3.92. The van der Waals surface area contributed by atoms with Crippen molar-refractivity contribution >= 4 is 11.9 Å². The maximum atomic E-state index is 13.9. The molecule has 2 aromatic carbocycles. The fraction of sp³-hybridized carbons (Fsp3) is 0.300. The van der Waals surface area contributed by atoms with Gasteiger partial charge in [-0.2, -0.15) is 26.3 Å². The minimum atomic E-state index is -5.27. The Balaban J connectivity index is 2.39. The van der Waals surface area contributed by atoms with E-state index in [2.05, 4.69) is 4.74 Å². The van der Waals surface area contributed by atoms with Crippen LogP contribution in [0.25, 0.3) is 0 Å².